The molecule has 26 heavy (non-hydrogen) atoms. The van der Waals surface area contributed by atoms with Gasteiger partial charge in [0.1, 0.15) is 12.3 Å². The van der Waals surface area contributed by atoms with Crippen LogP contribution in [0.4, 0.5) is 13.2 Å². The van der Waals surface area contributed by atoms with E-state index in [4.69, 9.17) is 5.11 Å². The number of alkyl halides is 3. The predicted octanol–water partition coefficient (Wildman–Crippen LogP) is 6.77. The minimum absolute atomic E-state index is 0.0610. The largest absolute Gasteiger partial charge is 0.516 e. The van der Waals surface area contributed by atoms with E-state index in [-0.39, 0.29) is 41.6 Å². The fourth-order valence-corrected chi connectivity index (χ4v) is 1.97. The predicted molar refractivity (Wildman–Crippen MR) is 105 cm³/mol. The summed E-state index contributed by atoms with van der Waals surface area (Å²) in [5, 5.41) is 8.68. The maximum absolute atomic E-state index is 14.4. The van der Waals surface area contributed by atoms with Gasteiger partial charge in [0.15, 0.2) is 0 Å². The number of hydrogen-bond donors (Lipinski definition) is 1. The summed E-state index contributed by atoms with van der Waals surface area (Å²) in [5.74, 6) is 0. The zero-order valence-electron chi connectivity index (χ0n) is 15.1. The van der Waals surface area contributed by atoms with E-state index < -0.39 is 19.0 Å². The van der Waals surface area contributed by atoms with Crippen LogP contribution < -0.4 is 0 Å². The molecule has 142 valence electrons. The van der Waals surface area contributed by atoms with Crippen LogP contribution in [-0.4, -0.2) is 24.1 Å². The highest BCUT2D eigenvalue weighted by Crippen LogP contribution is 2.28. The number of halogens is 3. The van der Waals surface area contributed by atoms with E-state index in [9.17, 15) is 13.2 Å². The molecule has 4 heteroatoms. The first kappa shape index (κ1) is 23.5. The molecule has 0 spiro atoms. The summed E-state index contributed by atoms with van der Waals surface area (Å²) in [6, 6.07) is 0. The van der Waals surface area contributed by atoms with Gasteiger partial charge in [-0.1, -0.05) is 51.6 Å². The van der Waals surface area contributed by atoms with Gasteiger partial charge in [-0.2, -0.15) is 0 Å². The summed E-state index contributed by atoms with van der Waals surface area (Å²) in [7, 11) is 0. The minimum atomic E-state index is -1.52. The molecular weight excluding hydrogens is 337 g/mol. The Bertz CT molecular complexity index is 638. The molecule has 0 rings (SSSR count). The minimum Gasteiger partial charge on any atom is -0.516 e. The van der Waals surface area contributed by atoms with Crippen LogP contribution in [0.1, 0.15) is 19.3 Å². The van der Waals surface area contributed by atoms with Crippen molar-refractivity contribution in [1.29, 1.82) is 0 Å². The van der Waals surface area contributed by atoms with E-state index in [1.54, 1.807) is 12.2 Å². The van der Waals surface area contributed by atoms with Crippen molar-refractivity contribution in [1.82, 2.24) is 0 Å². The van der Waals surface area contributed by atoms with Crippen molar-refractivity contribution < 1.29 is 18.3 Å². The van der Waals surface area contributed by atoms with Gasteiger partial charge in [-0.05, 0) is 45.9 Å². The zero-order chi connectivity index (χ0) is 20.3. The van der Waals surface area contributed by atoms with E-state index in [2.05, 4.69) is 39.5 Å². The van der Waals surface area contributed by atoms with E-state index in [0.717, 1.165) is 6.26 Å². The first-order valence-electron chi connectivity index (χ1n) is 8.09. The molecule has 0 aliphatic carbocycles. The lowest BCUT2D eigenvalue weighted by atomic mass is 9.91. The van der Waals surface area contributed by atoms with E-state index in [0.29, 0.717) is 11.1 Å². The third kappa shape index (κ3) is 8.06. The first-order chi connectivity index (χ1) is 12.1. The number of hydrogen-bond acceptors (Lipinski definition) is 1. The SMILES string of the molecule is C=C(/C=C\CCF)C(=C)CC(F)C(=C)C(=C)CC(F)C(=C)C(=C)/C=C\O. The molecule has 0 heterocycles. The molecule has 0 aliphatic rings. The fourth-order valence-electron chi connectivity index (χ4n) is 1.97. The highest BCUT2D eigenvalue weighted by molar-refractivity contribution is 5.41. The van der Waals surface area contributed by atoms with E-state index in [1.165, 1.54) is 6.08 Å². The second-order valence-corrected chi connectivity index (χ2v) is 5.85. The quantitative estimate of drug-likeness (QED) is 0.282. The smallest absolute Gasteiger partial charge is 0.129 e. The summed E-state index contributed by atoms with van der Waals surface area (Å²) in [6.45, 7) is 21.5. The summed E-state index contributed by atoms with van der Waals surface area (Å²) in [4.78, 5) is 0. The van der Waals surface area contributed by atoms with Crippen LogP contribution in [0.2, 0.25) is 0 Å². The molecule has 0 aliphatic heterocycles. The Balaban J connectivity index is 4.70. The molecule has 2 unspecified atom stereocenters. The normalized spacial score (nSPS) is 13.5. The second kappa shape index (κ2) is 12.0. The van der Waals surface area contributed by atoms with Gasteiger partial charge in [-0.15, -0.1) is 0 Å². The molecule has 0 amide bonds. The molecule has 0 aromatic heterocycles. The van der Waals surface area contributed by atoms with E-state index in [1.807, 2.05) is 0 Å². The average molecular weight is 364 g/mol. The van der Waals surface area contributed by atoms with Crippen molar-refractivity contribution in [3.63, 3.8) is 0 Å². The Hall–Kier alpha value is -2.49. The third-order valence-corrected chi connectivity index (χ3v) is 3.80. The average Bonchev–Trinajstić information content (AvgIpc) is 2.60. The molecule has 0 bridgehead atoms. The second-order valence-electron chi connectivity index (χ2n) is 5.85. The molecule has 1 nitrogen and oxygen atoms in total. The summed E-state index contributed by atoms with van der Waals surface area (Å²) < 4.78 is 40.7. The van der Waals surface area contributed by atoms with Gasteiger partial charge in [0.25, 0.3) is 0 Å². The zero-order valence-corrected chi connectivity index (χ0v) is 15.1. The molecule has 0 saturated heterocycles. The standard InChI is InChI=1S/C22H27F3O/c1-15(9-7-8-11-23)17(3)13-21(24)20(6)18(4)14-22(25)19(5)16(2)10-12-26/h7,9-10,12,21-22,26H,1-6,8,11,13-14H2/b9-7-,12-10-. The lowest BCUT2D eigenvalue weighted by molar-refractivity contribution is 0.365. The Kier molecular flexibility index (Phi) is 10.8. The lowest BCUT2D eigenvalue weighted by Gasteiger charge is -2.18. The summed E-state index contributed by atoms with van der Waals surface area (Å²) >= 11 is 0. The molecule has 2 atom stereocenters. The Morgan fingerprint density at radius 1 is 0.808 bits per heavy atom. The Morgan fingerprint density at radius 2 is 1.35 bits per heavy atom. The molecule has 0 saturated carbocycles. The molecule has 0 fully saturated rings. The number of aliphatic hydroxyl groups is 1. The van der Waals surface area contributed by atoms with E-state index >= 15 is 0 Å². The van der Waals surface area contributed by atoms with Gasteiger partial charge in [0.05, 0.1) is 12.9 Å². The van der Waals surface area contributed by atoms with Crippen molar-refractivity contribution in [2.75, 3.05) is 6.67 Å². The van der Waals surface area contributed by atoms with Crippen LogP contribution in [0.5, 0.6) is 0 Å². The van der Waals surface area contributed by atoms with Gasteiger partial charge in [0, 0.05) is 12.8 Å². The van der Waals surface area contributed by atoms with Gasteiger partial charge in [-0.3, -0.25) is 4.39 Å². The van der Waals surface area contributed by atoms with Crippen LogP contribution in [0.15, 0.2) is 97.4 Å². The molecular formula is C22H27F3O. The first-order valence-corrected chi connectivity index (χ1v) is 8.09. The van der Waals surface area contributed by atoms with Crippen molar-refractivity contribution in [3.05, 3.63) is 97.4 Å². The maximum atomic E-state index is 14.4. The molecule has 0 radical (unpaired) electrons. The summed E-state index contributed by atoms with van der Waals surface area (Å²) in [6.07, 6.45) is 2.17. The maximum Gasteiger partial charge on any atom is 0.129 e. The fraction of sp³-hybridized carbons (Fsp3) is 0.273. The van der Waals surface area contributed by atoms with Gasteiger partial charge in [0.2, 0.25) is 0 Å². The Morgan fingerprint density at radius 3 is 1.88 bits per heavy atom. The number of rotatable bonds is 13. The van der Waals surface area contributed by atoms with Crippen molar-refractivity contribution >= 4 is 0 Å². The highest BCUT2D eigenvalue weighted by Gasteiger charge is 2.20. The van der Waals surface area contributed by atoms with Crippen LogP contribution in [0.25, 0.3) is 0 Å². The molecule has 0 aromatic carbocycles. The monoisotopic (exact) mass is 364 g/mol. The van der Waals surface area contributed by atoms with Crippen molar-refractivity contribution in [2.45, 2.75) is 31.6 Å². The van der Waals surface area contributed by atoms with Crippen LogP contribution in [0.3, 0.4) is 0 Å². The Labute approximate surface area is 154 Å². The van der Waals surface area contributed by atoms with Gasteiger partial charge >= 0.3 is 0 Å². The van der Waals surface area contributed by atoms with Crippen LogP contribution in [0, 0.1) is 0 Å². The third-order valence-electron chi connectivity index (χ3n) is 3.80. The molecule has 1 N–H and O–H groups in total. The number of allylic oxidation sites excluding steroid dienone is 9. The van der Waals surface area contributed by atoms with Gasteiger partial charge < -0.3 is 5.11 Å². The van der Waals surface area contributed by atoms with Gasteiger partial charge in [-0.25, -0.2) is 8.78 Å². The van der Waals surface area contributed by atoms with Crippen molar-refractivity contribution in [3.8, 4) is 0 Å². The van der Waals surface area contributed by atoms with Crippen molar-refractivity contribution in [2.24, 2.45) is 0 Å². The lowest BCUT2D eigenvalue weighted by Crippen LogP contribution is -2.12. The van der Waals surface area contributed by atoms with Crippen LogP contribution >= 0.6 is 0 Å². The van der Waals surface area contributed by atoms with Crippen LogP contribution in [-0.2, 0) is 0 Å². The highest BCUT2D eigenvalue weighted by atomic mass is 19.1. The number of aliphatic hydroxyl groups excluding tert-OH is 1. The summed E-state index contributed by atoms with van der Waals surface area (Å²) in [5.41, 5.74) is 1.56. The molecule has 0 aromatic rings. The topological polar surface area (TPSA) is 20.2 Å².